The molecule has 8 heteroatoms. The van der Waals surface area contributed by atoms with Gasteiger partial charge < -0.3 is 9.67 Å². The Morgan fingerprint density at radius 2 is 1.93 bits per heavy atom. The highest BCUT2D eigenvalue weighted by Crippen LogP contribution is 2.26. The van der Waals surface area contributed by atoms with Gasteiger partial charge in [0, 0.05) is 11.9 Å². The Bertz CT molecular complexity index is 1200. The maximum atomic E-state index is 14.2. The van der Waals surface area contributed by atoms with Crippen molar-refractivity contribution in [2.24, 2.45) is 0 Å². The molecule has 2 aromatic carbocycles. The predicted octanol–water partition coefficient (Wildman–Crippen LogP) is 3.57. The number of benzene rings is 2. The summed E-state index contributed by atoms with van der Waals surface area (Å²) >= 11 is 0. The lowest BCUT2D eigenvalue weighted by atomic mass is 10.1. The number of hydrogen-bond acceptors (Lipinski definition) is 4. The van der Waals surface area contributed by atoms with Crippen LogP contribution in [-0.2, 0) is 0 Å². The fourth-order valence-corrected chi connectivity index (χ4v) is 3.08. The van der Waals surface area contributed by atoms with E-state index in [4.69, 9.17) is 0 Å². The largest absolute Gasteiger partial charge is 0.478 e. The molecule has 140 valence electrons. The zero-order chi connectivity index (χ0) is 19.8. The summed E-state index contributed by atoms with van der Waals surface area (Å²) < 4.78 is 17.4. The van der Waals surface area contributed by atoms with E-state index in [1.165, 1.54) is 10.7 Å². The molecule has 0 aliphatic carbocycles. The van der Waals surface area contributed by atoms with E-state index in [0.717, 1.165) is 5.69 Å². The first-order valence-corrected chi connectivity index (χ1v) is 8.51. The quantitative estimate of drug-likeness (QED) is 0.588. The number of rotatable bonds is 4. The Morgan fingerprint density at radius 1 is 1.14 bits per heavy atom. The molecule has 28 heavy (non-hydrogen) atoms. The number of hydrogen-bond donors (Lipinski definition) is 1. The van der Waals surface area contributed by atoms with E-state index < -0.39 is 11.8 Å². The number of carboxylic acids is 1. The summed E-state index contributed by atoms with van der Waals surface area (Å²) in [4.78, 5) is 15.6. The molecule has 2 aromatic heterocycles. The molecule has 2 heterocycles. The van der Waals surface area contributed by atoms with Gasteiger partial charge in [0.1, 0.15) is 22.9 Å². The molecule has 0 bridgehead atoms. The molecule has 4 rings (SSSR count). The van der Waals surface area contributed by atoms with Crippen LogP contribution in [0.3, 0.4) is 0 Å². The van der Waals surface area contributed by atoms with Gasteiger partial charge in [0.2, 0.25) is 0 Å². The minimum Gasteiger partial charge on any atom is -0.478 e. The van der Waals surface area contributed by atoms with Crippen molar-refractivity contribution >= 4 is 5.97 Å². The van der Waals surface area contributed by atoms with E-state index in [0.29, 0.717) is 22.6 Å². The summed E-state index contributed by atoms with van der Waals surface area (Å²) in [5.74, 6) is -1.38. The second-order valence-corrected chi connectivity index (χ2v) is 6.36. The molecule has 0 spiro atoms. The van der Waals surface area contributed by atoms with Gasteiger partial charge in [-0.1, -0.05) is 17.3 Å². The van der Waals surface area contributed by atoms with Gasteiger partial charge in [-0.25, -0.2) is 18.9 Å². The highest BCUT2D eigenvalue weighted by atomic mass is 19.1. The number of aryl methyl sites for hydroxylation is 2. The van der Waals surface area contributed by atoms with Crippen molar-refractivity contribution < 1.29 is 14.3 Å². The summed E-state index contributed by atoms with van der Waals surface area (Å²) in [6, 6.07) is 11.4. The van der Waals surface area contributed by atoms with Gasteiger partial charge in [-0.3, -0.25) is 0 Å². The molecule has 4 aromatic rings. The average Bonchev–Trinajstić information content (AvgIpc) is 3.28. The molecule has 0 atom stereocenters. The summed E-state index contributed by atoms with van der Waals surface area (Å²) in [6.45, 7) is 3.52. The van der Waals surface area contributed by atoms with E-state index in [9.17, 15) is 14.3 Å². The summed E-state index contributed by atoms with van der Waals surface area (Å²) in [6.07, 6.45) is 3.39. The van der Waals surface area contributed by atoms with E-state index in [2.05, 4.69) is 15.3 Å². The van der Waals surface area contributed by atoms with E-state index in [1.807, 2.05) is 0 Å². The topological polar surface area (TPSA) is 85.8 Å². The van der Waals surface area contributed by atoms with Crippen molar-refractivity contribution in [3.8, 4) is 22.8 Å². The molecular weight excluding hydrogens is 361 g/mol. The molecular formula is C20H16FN5O2. The van der Waals surface area contributed by atoms with Crippen LogP contribution in [0.5, 0.6) is 0 Å². The molecule has 0 saturated heterocycles. The lowest BCUT2D eigenvalue weighted by Crippen LogP contribution is -2.02. The van der Waals surface area contributed by atoms with Crippen LogP contribution < -0.4 is 0 Å². The molecule has 0 aliphatic heterocycles. The molecule has 0 radical (unpaired) electrons. The van der Waals surface area contributed by atoms with Crippen LogP contribution in [0.4, 0.5) is 4.39 Å². The van der Waals surface area contributed by atoms with Crippen molar-refractivity contribution in [2.75, 3.05) is 0 Å². The molecule has 0 unspecified atom stereocenters. The van der Waals surface area contributed by atoms with Gasteiger partial charge >= 0.3 is 5.97 Å². The van der Waals surface area contributed by atoms with E-state index in [1.54, 1.807) is 67.3 Å². The Morgan fingerprint density at radius 3 is 2.64 bits per heavy atom. The number of aromatic carboxylic acids is 1. The molecule has 7 nitrogen and oxygen atoms in total. The van der Waals surface area contributed by atoms with Gasteiger partial charge in [0.05, 0.1) is 17.6 Å². The minimum atomic E-state index is -0.967. The normalized spacial score (nSPS) is 11.0. The van der Waals surface area contributed by atoms with Crippen LogP contribution >= 0.6 is 0 Å². The third-order valence-electron chi connectivity index (χ3n) is 4.48. The zero-order valence-electron chi connectivity index (χ0n) is 15.2. The summed E-state index contributed by atoms with van der Waals surface area (Å²) in [7, 11) is 0. The van der Waals surface area contributed by atoms with Crippen molar-refractivity contribution in [3.63, 3.8) is 0 Å². The second-order valence-electron chi connectivity index (χ2n) is 6.36. The SMILES string of the molecule is Cc1cc(-n2cnc(-c3c(C)nnn3-c3ccccc3F)c2)ccc1C(=O)O. The van der Waals surface area contributed by atoms with Crippen molar-refractivity contribution in [1.29, 1.82) is 0 Å². The second kappa shape index (κ2) is 6.73. The van der Waals surface area contributed by atoms with Gasteiger partial charge in [-0.15, -0.1) is 5.10 Å². The molecule has 0 aliphatic rings. The number of para-hydroxylation sites is 1. The van der Waals surface area contributed by atoms with E-state index in [-0.39, 0.29) is 11.3 Å². The molecule has 0 saturated carbocycles. The number of carboxylic acid groups (broad SMARTS) is 1. The Labute approximate surface area is 159 Å². The first-order chi connectivity index (χ1) is 13.5. The van der Waals surface area contributed by atoms with Crippen LogP contribution in [0.25, 0.3) is 22.8 Å². The predicted molar refractivity (Wildman–Crippen MR) is 100 cm³/mol. The average molecular weight is 377 g/mol. The van der Waals surface area contributed by atoms with Gasteiger partial charge in [-0.2, -0.15) is 0 Å². The third-order valence-corrected chi connectivity index (χ3v) is 4.48. The highest BCUT2D eigenvalue weighted by molar-refractivity contribution is 5.89. The van der Waals surface area contributed by atoms with Crippen molar-refractivity contribution in [2.45, 2.75) is 13.8 Å². The summed E-state index contributed by atoms with van der Waals surface area (Å²) in [5, 5.41) is 17.3. The van der Waals surface area contributed by atoms with Gasteiger partial charge in [-0.05, 0) is 49.7 Å². The first-order valence-electron chi connectivity index (χ1n) is 8.51. The third kappa shape index (κ3) is 2.94. The van der Waals surface area contributed by atoms with Crippen LogP contribution in [0.2, 0.25) is 0 Å². The summed E-state index contributed by atoms with van der Waals surface area (Å²) in [5.41, 5.74) is 3.73. The Kier molecular flexibility index (Phi) is 4.23. The van der Waals surface area contributed by atoms with Crippen molar-refractivity contribution in [1.82, 2.24) is 24.5 Å². The maximum absolute atomic E-state index is 14.2. The molecule has 1 N–H and O–H groups in total. The molecule has 0 amide bonds. The number of halogens is 1. The van der Waals surface area contributed by atoms with Crippen LogP contribution in [0.1, 0.15) is 21.6 Å². The fourth-order valence-electron chi connectivity index (χ4n) is 3.08. The highest BCUT2D eigenvalue weighted by Gasteiger charge is 2.18. The number of carbonyl (C=O) groups is 1. The van der Waals surface area contributed by atoms with Crippen molar-refractivity contribution in [3.05, 3.63) is 77.6 Å². The zero-order valence-corrected chi connectivity index (χ0v) is 15.2. The standard InChI is InChI=1S/C20H16FN5O2/c1-12-9-14(7-8-15(12)20(27)28)25-10-17(22-11-25)19-13(2)23-24-26(19)18-6-4-3-5-16(18)21/h3-11H,1-2H3,(H,27,28). The lowest BCUT2D eigenvalue weighted by molar-refractivity contribution is 0.0696. The van der Waals surface area contributed by atoms with Crippen LogP contribution in [-0.4, -0.2) is 35.6 Å². The first kappa shape index (κ1) is 17.6. The smallest absolute Gasteiger partial charge is 0.335 e. The fraction of sp³-hybridized carbons (Fsp3) is 0.100. The Balaban J connectivity index is 1.77. The number of nitrogens with zero attached hydrogens (tertiary/aromatic N) is 5. The van der Waals surface area contributed by atoms with E-state index >= 15 is 0 Å². The maximum Gasteiger partial charge on any atom is 0.335 e. The number of aromatic nitrogens is 5. The van der Waals surface area contributed by atoms with Crippen LogP contribution in [0.15, 0.2) is 55.0 Å². The number of imidazole rings is 1. The molecule has 0 fully saturated rings. The Hall–Kier alpha value is -3.81. The monoisotopic (exact) mass is 377 g/mol. The van der Waals surface area contributed by atoms with Crippen LogP contribution in [0, 0.1) is 19.7 Å². The lowest BCUT2D eigenvalue weighted by Gasteiger charge is -2.07. The van der Waals surface area contributed by atoms with Gasteiger partial charge in [0.15, 0.2) is 0 Å². The van der Waals surface area contributed by atoms with Gasteiger partial charge in [0.25, 0.3) is 0 Å². The minimum absolute atomic E-state index is 0.252.